The molecule has 10 nitrogen and oxygen atoms in total. The molecule has 1 atom stereocenters. The second-order valence-corrected chi connectivity index (χ2v) is 8.61. The Morgan fingerprint density at radius 1 is 1.08 bits per heavy atom. The van der Waals surface area contributed by atoms with Crippen LogP contribution in [-0.4, -0.2) is 52.6 Å². The number of methoxy groups -OCH3 is 2. The number of aliphatic hydroxyl groups excluding tert-OH is 1. The zero-order valence-electron chi connectivity index (χ0n) is 21.1. The van der Waals surface area contributed by atoms with Gasteiger partial charge in [0.2, 0.25) is 5.95 Å². The number of nitrogens with zero attached hydrogens (tertiary/aromatic N) is 3. The van der Waals surface area contributed by atoms with Crippen LogP contribution in [0, 0.1) is 0 Å². The van der Waals surface area contributed by atoms with Crippen LogP contribution >= 0.6 is 0 Å². The van der Waals surface area contributed by atoms with Crippen molar-refractivity contribution in [3.8, 4) is 17.2 Å². The average Bonchev–Trinajstić information content (AvgIpc) is 3.48. The van der Waals surface area contributed by atoms with Crippen molar-refractivity contribution in [2.24, 2.45) is 0 Å². The van der Waals surface area contributed by atoms with Crippen molar-refractivity contribution in [3.05, 3.63) is 77.6 Å². The maximum Gasteiger partial charge on any atom is 0.302 e. The van der Waals surface area contributed by atoms with Gasteiger partial charge in [-0.25, -0.2) is 4.98 Å². The van der Waals surface area contributed by atoms with E-state index in [9.17, 15) is 14.7 Å². The Kier molecular flexibility index (Phi) is 6.69. The third-order valence-corrected chi connectivity index (χ3v) is 6.25. The van der Waals surface area contributed by atoms with Crippen LogP contribution in [0.4, 0.5) is 5.95 Å². The molecule has 0 aliphatic carbocycles. The van der Waals surface area contributed by atoms with Crippen molar-refractivity contribution in [1.29, 1.82) is 0 Å². The SMILES string of the molecule is CCCOc1ccc(/C(O)=C2\C(=O)C(=O)N(c3nc4cc(OC)c(OC)cc4[nH]3)C2c2cccnc2)cc1. The molecule has 2 N–H and O–H groups in total. The van der Waals surface area contributed by atoms with Gasteiger partial charge in [0.25, 0.3) is 5.78 Å². The van der Waals surface area contributed by atoms with Gasteiger partial charge in [-0.1, -0.05) is 13.0 Å². The number of aliphatic hydroxyl groups is 1. The number of nitrogens with one attached hydrogen (secondary N) is 1. The maximum absolute atomic E-state index is 13.4. The molecule has 0 radical (unpaired) electrons. The molecular formula is C28H26N4O6. The summed E-state index contributed by atoms with van der Waals surface area (Å²) in [6.45, 7) is 2.57. The number of aromatic amines is 1. The molecule has 1 aliphatic rings. The van der Waals surface area contributed by atoms with E-state index in [0.29, 0.717) is 46.0 Å². The normalized spacial score (nSPS) is 16.7. The van der Waals surface area contributed by atoms with E-state index in [1.54, 1.807) is 60.9 Å². The summed E-state index contributed by atoms with van der Waals surface area (Å²) in [5.41, 5.74) is 1.92. The lowest BCUT2D eigenvalue weighted by Crippen LogP contribution is -2.30. The van der Waals surface area contributed by atoms with Crippen LogP contribution in [0.2, 0.25) is 0 Å². The molecule has 38 heavy (non-hydrogen) atoms. The summed E-state index contributed by atoms with van der Waals surface area (Å²) in [5, 5.41) is 11.3. The first-order valence-electron chi connectivity index (χ1n) is 12.0. The van der Waals surface area contributed by atoms with E-state index in [-0.39, 0.29) is 17.3 Å². The number of Topliss-reactive ketones (excluding diaryl/α,β-unsaturated/α-hetero) is 1. The highest BCUT2D eigenvalue weighted by atomic mass is 16.5. The lowest BCUT2D eigenvalue weighted by atomic mass is 9.96. The van der Waals surface area contributed by atoms with Crippen LogP contribution in [0.25, 0.3) is 16.8 Å². The van der Waals surface area contributed by atoms with E-state index in [0.717, 1.165) is 6.42 Å². The molecule has 1 unspecified atom stereocenters. The summed E-state index contributed by atoms with van der Waals surface area (Å²) in [4.78, 5) is 39.9. The lowest BCUT2D eigenvalue weighted by molar-refractivity contribution is -0.132. The van der Waals surface area contributed by atoms with Gasteiger partial charge in [0.1, 0.15) is 11.5 Å². The second kappa shape index (κ2) is 10.3. The molecule has 0 bridgehead atoms. The van der Waals surface area contributed by atoms with Crippen LogP contribution in [-0.2, 0) is 9.59 Å². The summed E-state index contributed by atoms with van der Waals surface area (Å²) >= 11 is 0. The van der Waals surface area contributed by atoms with Crippen molar-refractivity contribution in [3.63, 3.8) is 0 Å². The number of amides is 1. The van der Waals surface area contributed by atoms with Gasteiger partial charge >= 0.3 is 5.91 Å². The van der Waals surface area contributed by atoms with E-state index < -0.39 is 17.7 Å². The zero-order chi connectivity index (χ0) is 26.8. The highest BCUT2D eigenvalue weighted by molar-refractivity contribution is 6.51. The molecule has 5 rings (SSSR count). The van der Waals surface area contributed by atoms with Gasteiger partial charge in [-0.2, -0.15) is 0 Å². The number of hydrogen-bond donors (Lipinski definition) is 2. The van der Waals surface area contributed by atoms with Gasteiger partial charge < -0.3 is 24.3 Å². The second-order valence-electron chi connectivity index (χ2n) is 8.61. The van der Waals surface area contributed by atoms with Gasteiger partial charge in [0.15, 0.2) is 11.5 Å². The first-order chi connectivity index (χ1) is 18.5. The molecule has 1 aliphatic heterocycles. The number of H-pyrrole nitrogens is 1. The number of hydrogen-bond acceptors (Lipinski definition) is 8. The van der Waals surface area contributed by atoms with Crippen molar-refractivity contribution in [2.75, 3.05) is 25.7 Å². The molecule has 194 valence electrons. The first kappa shape index (κ1) is 24.8. The summed E-state index contributed by atoms with van der Waals surface area (Å²) in [5.74, 6) is -0.252. The Morgan fingerprint density at radius 3 is 2.47 bits per heavy atom. The standard InChI is InChI=1S/C28H26N4O6/c1-4-12-38-18-9-7-16(8-10-18)25(33)23-24(17-6-5-11-29-15-17)32(27(35)26(23)34)28-30-19-13-21(36-2)22(37-3)14-20(19)31-28/h5-11,13-15,24,33H,4,12H2,1-3H3,(H,30,31)/b25-23+. The van der Waals surface area contributed by atoms with Gasteiger partial charge in [-0.15, -0.1) is 0 Å². The number of aromatic nitrogens is 3. The van der Waals surface area contributed by atoms with Crippen LogP contribution in [0.3, 0.4) is 0 Å². The minimum absolute atomic E-state index is 0.0687. The van der Waals surface area contributed by atoms with Crippen LogP contribution in [0.15, 0.2) is 66.5 Å². The van der Waals surface area contributed by atoms with E-state index in [4.69, 9.17) is 14.2 Å². The van der Waals surface area contributed by atoms with E-state index in [1.165, 1.54) is 19.1 Å². The smallest absolute Gasteiger partial charge is 0.302 e. The lowest BCUT2D eigenvalue weighted by Gasteiger charge is -2.22. The monoisotopic (exact) mass is 514 g/mol. The van der Waals surface area contributed by atoms with E-state index >= 15 is 0 Å². The number of ether oxygens (including phenoxy) is 3. The number of rotatable bonds is 8. The predicted molar refractivity (Wildman–Crippen MR) is 140 cm³/mol. The Labute approximate surface area is 218 Å². The number of carbonyl (C=O) groups excluding carboxylic acids is 2. The minimum Gasteiger partial charge on any atom is -0.507 e. The predicted octanol–water partition coefficient (Wildman–Crippen LogP) is 4.39. The molecule has 2 aromatic carbocycles. The molecule has 1 amide bonds. The molecular weight excluding hydrogens is 488 g/mol. The Morgan fingerprint density at radius 2 is 1.82 bits per heavy atom. The number of ketones is 1. The molecule has 0 saturated carbocycles. The molecule has 1 saturated heterocycles. The number of fused-ring (bicyclic) bond motifs is 1. The number of imidazole rings is 1. The van der Waals surface area contributed by atoms with Gasteiger partial charge in [0, 0.05) is 30.1 Å². The number of pyridine rings is 1. The van der Waals surface area contributed by atoms with E-state index in [1.807, 2.05) is 6.92 Å². The Hall–Kier alpha value is -4.86. The fraction of sp³-hybridized carbons (Fsp3) is 0.214. The Bertz CT molecular complexity index is 1490. The molecule has 2 aromatic heterocycles. The number of anilines is 1. The molecule has 4 aromatic rings. The van der Waals surface area contributed by atoms with Crippen LogP contribution in [0.1, 0.15) is 30.5 Å². The van der Waals surface area contributed by atoms with Crippen LogP contribution in [0.5, 0.6) is 17.2 Å². The van der Waals surface area contributed by atoms with Crippen molar-refractivity contribution in [1.82, 2.24) is 15.0 Å². The van der Waals surface area contributed by atoms with E-state index in [2.05, 4.69) is 15.0 Å². The van der Waals surface area contributed by atoms with Crippen LogP contribution < -0.4 is 19.1 Å². The molecule has 1 fully saturated rings. The third kappa shape index (κ3) is 4.30. The summed E-state index contributed by atoms with van der Waals surface area (Å²) < 4.78 is 16.3. The zero-order valence-corrected chi connectivity index (χ0v) is 21.1. The fourth-order valence-electron chi connectivity index (χ4n) is 4.43. The highest BCUT2D eigenvalue weighted by Crippen LogP contribution is 2.42. The van der Waals surface area contributed by atoms with Gasteiger partial charge in [-0.05, 0) is 42.3 Å². The fourth-order valence-corrected chi connectivity index (χ4v) is 4.43. The Balaban J connectivity index is 1.64. The maximum atomic E-state index is 13.4. The number of carbonyl (C=O) groups is 2. The first-order valence-corrected chi connectivity index (χ1v) is 12.0. The van der Waals surface area contributed by atoms with Crippen molar-refractivity contribution in [2.45, 2.75) is 19.4 Å². The van der Waals surface area contributed by atoms with Gasteiger partial charge in [0.05, 0.1) is 43.5 Å². The average molecular weight is 515 g/mol. The summed E-state index contributed by atoms with van der Waals surface area (Å²) in [6.07, 6.45) is 4.00. The topological polar surface area (TPSA) is 127 Å². The largest absolute Gasteiger partial charge is 0.507 e. The molecule has 3 heterocycles. The van der Waals surface area contributed by atoms with Gasteiger partial charge in [-0.3, -0.25) is 19.5 Å². The third-order valence-electron chi connectivity index (χ3n) is 6.25. The van der Waals surface area contributed by atoms with Crippen molar-refractivity contribution < 1.29 is 28.9 Å². The number of benzene rings is 2. The highest BCUT2D eigenvalue weighted by Gasteiger charge is 2.48. The minimum atomic E-state index is -0.968. The quantitative estimate of drug-likeness (QED) is 0.201. The van der Waals surface area contributed by atoms with Crippen molar-refractivity contribution >= 4 is 34.4 Å². The molecule has 0 spiro atoms. The summed E-state index contributed by atoms with van der Waals surface area (Å²) in [7, 11) is 3.03. The molecule has 10 heteroatoms. The summed E-state index contributed by atoms with van der Waals surface area (Å²) in [6, 6.07) is 12.5.